The number of anilines is 1. The van der Waals surface area contributed by atoms with Gasteiger partial charge in [0.2, 0.25) is 0 Å². The zero-order valence-electron chi connectivity index (χ0n) is 9.89. The second-order valence-electron chi connectivity index (χ2n) is 4.27. The molecule has 0 atom stereocenters. The highest BCUT2D eigenvalue weighted by molar-refractivity contribution is 5.84. The van der Waals surface area contributed by atoms with Gasteiger partial charge in [-0.05, 0) is 29.8 Å². The van der Waals surface area contributed by atoms with Crippen LogP contribution in [0.4, 0.5) is 10.2 Å². The van der Waals surface area contributed by atoms with E-state index in [1.54, 1.807) is 12.1 Å². The molecule has 0 radical (unpaired) electrons. The lowest BCUT2D eigenvalue weighted by Gasteiger charge is -2.07. The molecule has 0 bridgehead atoms. The molecule has 0 saturated heterocycles. The van der Waals surface area contributed by atoms with Crippen molar-refractivity contribution >= 4 is 16.6 Å². The third-order valence-electron chi connectivity index (χ3n) is 2.90. The number of aryl methyl sites for hydroxylation is 1. The Hall–Kier alpha value is -2.36. The summed E-state index contributed by atoms with van der Waals surface area (Å²) < 4.78 is 15.5. The number of nitrogens with zero attached hydrogens (tertiary/aromatic N) is 2. The van der Waals surface area contributed by atoms with Crippen LogP contribution in [-0.4, -0.2) is 9.78 Å². The molecule has 0 fully saturated rings. The highest BCUT2D eigenvalue weighted by Crippen LogP contribution is 2.23. The summed E-state index contributed by atoms with van der Waals surface area (Å²) in [5, 5.41) is 6.02. The van der Waals surface area contributed by atoms with E-state index in [1.807, 2.05) is 31.2 Å². The summed E-state index contributed by atoms with van der Waals surface area (Å²) in [6.07, 6.45) is 0. The maximum atomic E-state index is 14.1. The summed E-state index contributed by atoms with van der Waals surface area (Å²) in [6, 6.07) is 12.6. The topological polar surface area (TPSA) is 43.8 Å². The van der Waals surface area contributed by atoms with E-state index < -0.39 is 0 Å². The van der Waals surface area contributed by atoms with Crippen molar-refractivity contribution in [1.29, 1.82) is 0 Å². The number of aromatic nitrogens is 2. The van der Waals surface area contributed by atoms with Crippen molar-refractivity contribution in [3.05, 3.63) is 54.0 Å². The van der Waals surface area contributed by atoms with Crippen molar-refractivity contribution in [2.75, 3.05) is 5.73 Å². The number of fused-ring (bicyclic) bond motifs is 1. The van der Waals surface area contributed by atoms with Crippen LogP contribution in [0, 0.1) is 12.7 Å². The SMILES string of the molecule is Cc1cc(N)n(-c2cc3ccccc3cc2F)n1. The molecular weight excluding hydrogens is 229 g/mol. The Morgan fingerprint density at radius 1 is 1.11 bits per heavy atom. The molecule has 1 heterocycles. The van der Waals surface area contributed by atoms with Crippen molar-refractivity contribution in [2.24, 2.45) is 0 Å². The van der Waals surface area contributed by atoms with Gasteiger partial charge >= 0.3 is 0 Å². The van der Waals surface area contributed by atoms with Gasteiger partial charge < -0.3 is 5.73 Å². The largest absolute Gasteiger partial charge is 0.384 e. The van der Waals surface area contributed by atoms with Gasteiger partial charge in [-0.25, -0.2) is 9.07 Å². The Kier molecular flexibility index (Phi) is 2.30. The highest BCUT2D eigenvalue weighted by atomic mass is 19.1. The lowest BCUT2D eigenvalue weighted by molar-refractivity contribution is 0.613. The molecule has 3 rings (SSSR count). The average molecular weight is 241 g/mol. The Morgan fingerprint density at radius 3 is 2.39 bits per heavy atom. The molecule has 0 spiro atoms. The Morgan fingerprint density at radius 2 is 1.78 bits per heavy atom. The van der Waals surface area contributed by atoms with Gasteiger partial charge in [0.1, 0.15) is 17.3 Å². The molecule has 18 heavy (non-hydrogen) atoms. The van der Waals surface area contributed by atoms with Crippen LogP contribution in [-0.2, 0) is 0 Å². The molecule has 0 aliphatic carbocycles. The number of hydrogen-bond acceptors (Lipinski definition) is 2. The van der Waals surface area contributed by atoms with Gasteiger partial charge in [0, 0.05) is 6.07 Å². The van der Waals surface area contributed by atoms with Crippen LogP contribution >= 0.6 is 0 Å². The predicted molar refractivity (Wildman–Crippen MR) is 70.2 cm³/mol. The Balaban J connectivity index is 2.29. The fourth-order valence-corrected chi connectivity index (χ4v) is 2.08. The summed E-state index contributed by atoms with van der Waals surface area (Å²) >= 11 is 0. The molecule has 1 aromatic heterocycles. The zero-order chi connectivity index (χ0) is 12.7. The van der Waals surface area contributed by atoms with E-state index in [0.29, 0.717) is 11.5 Å². The quantitative estimate of drug-likeness (QED) is 0.711. The summed E-state index contributed by atoms with van der Waals surface area (Å²) in [5.41, 5.74) is 6.96. The smallest absolute Gasteiger partial charge is 0.149 e. The summed E-state index contributed by atoms with van der Waals surface area (Å²) in [4.78, 5) is 0. The molecule has 0 aliphatic heterocycles. The summed E-state index contributed by atoms with van der Waals surface area (Å²) in [5.74, 6) is 0.102. The number of halogens is 1. The second kappa shape index (κ2) is 3.84. The van der Waals surface area contributed by atoms with Gasteiger partial charge in [-0.15, -0.1) is 0 Å². The molecule has 3 nitrogen and oxygen atoms in total. The van der Waals surface area contributed by atoms with Crippen molar-refractivity contribution < 1.29 is 4.39 Å². The van der Waals surface area contributed by atoms with Gasteiger partial charge in [-0.1, -0.05) is 24.3 Å². The van der Waals surface area contributed by atoms with Gasteiger partial charge in [0.25, 0.3) is 0 Å². The van der Waals surface area contributed by atoms with Crippen molar-refractivity contribution in [1.82, 2.24) is 9.78 Å². The molecule has 4 heteroatoms. The van der Waals surface area contributed by atoms with Gasteiger partial charge in [-0.2, -0.15) is 5.10 Å². The molecule has 3 aromatic rings. The van der Waals surface area contributed by atoms with Crippen LogP contribution in [0.15, 0.2) is 42.5 Å². The van der Waals surface area contributed by atoms with Crippen LogP contribution in [0.2, 0.25) is 0 Å². The van der Waals surface area contributed by atoms with Crippen LogP contribution in [0.25, 0.3) is 16.5 Å². The van der Waals surface area contributed by atoms with Crippen LogP contribution in [0.3, 0.4) is 0 Å². The molecule has 90 valence electrons. The van der Waals surface area contributed by atoms with Crippen LogP contribution in [0.1, 0.15) is 5.69 Å². The third-order valence-corrected chi connectivity index (χ3v) is 2.90. The fraction of sp³-hybridized carbons (Fsp3) is 0.0714. The van der Waals surface area contributed by atoms with E-state index in [1.165, 1.54) is 10.7 Å². The van der Waals surface area contributed by atoms with E-state index in [0.717, 1.165) is 16.5 Å². The third kappa shape index (κ3) is 1.62. The minimum absolute atomic E-state index is 0.330. The van der Waals surface area contributed by atoms with E-state index >= 15 is 0 Å². The number of benzene rings is 2. The normalized spacial score (nSPS) is 11.0. The lowest BCUT2D eigenvalue weighted by Crippen LogP contribution is -2.04. The van der Waals surface area contributed by atoms with E-state index in [2.05, 4.69) is 5.10 Å². The Labute approximate surface area is 104 Å². The zero-order valence-corrected chi connectivity index (χ0v) is 9.89. The first-order valence-electron chi connectivity index (χ1n) is 5.66. The molecule has 2 aromatic carbocycles. The van der Waals surface area contributed by atoms with E-state index in [4.69, 9.17) is 5.73 Å². The van der Waals surface area contributed by atoms with E-state index in [-0.39, 0.29) is 5.82 Å². The van der Waals surface area contributed by atoms with Crippen LogP contribution < -0.4 is 5.73 Å². The Bertz CT molecular complexity index is 731. The number of rotatable bonds is 1. The first kappa shape index (κ1) is 10.8. The molecule has 2 N–H and O–H groups in total. The average Bonchev–Trinajstić information content (AvgIpc) is 2.67. The first-order valence-corrected chi connectivity index (χ1v) is 5.66. The van der Waals surface area contributed by atoms with E-state index in [9.17, 15) is 4.39 Å². The summed E-state index contributed by atoms with van der Waals surface area (Å²) in [6.45, 7) is 1.83. The number of nitrogen functional groups attached to an aromatic ring is 1. The maximum Gasteiger partial charge on any atom is 0.149 e. The lowest BCUT2D eigenvalue weighted by atomic mass is 10.1. The molecular formula is C14H12FN3. The molecule has 0 amide bonds. The molecule has 0 unspecified atom stereocenters. The highest BCUT2D eigenvalue weighted by Gasteiger charge is 2.10. The van der Waals surface area contributed by atoms with Gasteiger partial charge in [0.05, 0.1) is 5.69 Å². The number of nitrogens with two attached hydrogens (primary N) is 1. The maximum absolute atomic E-state index is 14.1. The minimum Gasteiger partial charge on any atom is -0.384 e. The van der Waals surface area contributed by atoms with Gasteiger partial charge in [0.15, 0.2) is 0 Å². The van der Waals surface area contributed by atoms with Gasteiger partial charge in [-0.3, -0.25) is 0 Å². The predicted octanol–water partition coefficient (Wildman–Crippen LogP) is 3.06. The molecule has 0 aliphatic rings. The van der Waals surface area contributed by atoms with Crippen LogP contribution in [0.5, 0.6) is 0 Å². The minimum atomic E-state index is -0.330. The standard InChI is InChI=1S/C14H12FN3/c1-9-6-14(16)18(17-9)13-8-11-5-3-2-4-10(11)7-12(13)15/h2-8H,16H2,1H3. The van der Waals surface area contributed by atoms with Crippen molar-refractivity contribution in [3.8, 4) is 5.69 Å². The monoisotopic (exact) mass is 241 g/mol. The summed E-state index contributed by atoms with van der Waals surface area (Å²) in [7, 11) is 0. The second-order valence-corrected chi connectivity index (χ2v) is 4.27. The van der Waals surface area contributed by atoms with Crippen molar-refractivity contribution in [3.63, 3.8) is 0 Å². The molecule has 0 saturated carbocycles. The number of hydrogen-bond donors (Lipinski definition) is 1. The van der Waals surface area contributed by atoms with Crippen molar-refractivity contribution in [2.45, 2.75) is 6.92 Å². The fourth-order valence-electron chi connectivity index (χ4n) is 2.08. The first-order chi connectivity index (χ1) is 8.65.